The first-order valence-corrected chi connectivity index (χ1v) is 12.3. The Morgan fingerprint density at radius 1 is 1.18 bits per heavy atom. The lowest BCUT2D eigenvalue weighted by molar-refractivity contribution is 0.0381. The van der Waals surface area contributed by atoms with Crippen molar-refractivity contribution in [1.29, 1.82) is 0 Å². The second-order valence-electron chi connectivity index (χ2n) is 9.05. The number of rotatable bonds is 7. The number of amides is 1. The Morgan fingerprint density at radius 3 is 2.74 bits per heavy atom. The molecule has 7 nitrogen and oxygen atoms in total. The highest BCUT2D eigenvalue weighted by Gasteiger charge is 2.29. The van der Waals surface area contributed by atoms with Crippen molar-refractivity contribution in [2.75, 3.05) is 50.8 Å². The number of fused-ring (bicyclic) bond motifs is 3. The number of morpholine rings is 1. The minimum Gasteiger partial charge on any atom is -0.410 e. The number of nitrogens with one attached hydrogen (secondary N) is 1. The molecule has 1 N–H and O–H groups in total. The fraction of sp³-hybridized carbons (Fsp3) is 0.444. The molecule has 2 aliphatic rings. The van der Waals surface area contributed by atoms with Gasteiger partial charge in [0.1, 0.15) is 5.75 Å². The maximum absolute atomic E-state index is 12.9. The van der Waals surface area contributed by atoms with Crippen LogP contribution in [0.5, 0.6) is 5.75 Å². The summed E-state index contributed by atoms with van der Waals surface area (Å²) in [5.74, 6) is 0.587. The average molecular weight is 463 g/mol. The molecule has 1 atom stereocenters. The van der Waals surface area contributed by atoms with Crippen LogP contribution in [0.4, 0.5) is 10.5 Å². The van der Waals surface area contributed by atoms with Crippen LogP contribution in [0.15, 0.2) is 48.5 Å². The van der Waals surface area contributed by atoms with Crippen molar-refractivity contribution in [2.45, 2.75) is 25.8 Å². The fourth-order valence-electron chi connectivity index (χ4n) is 5.32. The van der Waals surface area contributed by atoms with Gasteiger partial charge in [-0.15, -0.1) is 0 Å². The molecule has 1 saturated heterocycles. The van der Waals surface area contributed by atoms with Gasteiger partial charge in [0.25, 0.3) is 0 Å². The van der Waals surface area contributed by atoms with Crippen molar-refractivity contribution in [3.63, 3.8) is 0 Å². The lowest BCUT2D eigenvalue weighted by atomic mass is 10.1. The largest absolute Gasteiger partial charge is 0.419 e. The minimum atomic E-state index is -0.358. The van der Waals surface area contributed by atoms with Gasteiger partial charge in [-0.3, -0.25) is 9.80 Å². The van der Waals surface area contributed by atoms with Gasteiger partial charge in [0, 0.05) is 68.1 Å². The topological polar surface area (TPSA) is 59.0 Å². The van der Waals surface area contributed by atoms with Crippen LogP contribution in [0, 0.1) is 0 Å². The summed E-state index contributed by atoms with van der Waals surface area (Å²) in [6.45, 7) is 8.24. The lowest BCUT2D eigenvalue weighted by Crippen LogP contribution is -2.40. The van der Waals surface area contributed by atoms with E-state index in [0.717, 1.165) is 57.9 Å². The number of nitrogens with zero attached hydrogens (tertiary/aromatic N) is 3. The van der Waals surface area contributed by atoms with Gasteiger partial charge in [-0.2, -0.15) is 0 Å². The predicted octanol–water partition coefficient (Wildman–Crippen LogP) is 4.11. The Labute approximate surface area is 201 Å². The summed E-state index contributed by atoms with van der Waals surface area (Å²) in [5.41, 5.74) is 4.75. The number of aryl methyl sites for hydroxylation is 2. The lowest BCUT2D eigenvalue weighted by Gasteiger charge is -2.27. The molecule has 180 valence electrons. The van der Waals surface area contributed by atoms with E-state index in [-0.39, 0.29) is 6.09 Å². The van der Waals surface area contributed by atoms with E-state index in [1.807, 2.05) is 49.4 Å². The number of anilines is 1. The SMILES string of the molecule is CCN(C(=O)Oc1ccc2c(c1)c1c(n2C)C(NCCN2CCOCC2)CC1)c1ccccc1. The first-order chi connectivity index (χ1) is 16.7. The third-order valence-electron chi connectivity index (χ3n) is 7.07. The minimum absolute atomic E-state index is 0.355. The zero-order chi connectivity index (χ0) is 23.5. The number of carbonyl (C=O) groups excluding carboxylic acids is 1. The molecule has 0 spiro atoms. The molecule has 1 aliphatic heterocycles. The molecule has 5 rings (SSSR count). The first-order valence-electron chi connectivity index (χ1n) is 12.3. The molecule has 1 aliphatic carbocycles. The molecule has 0 bridgehead atoms. The molecule has 1 amide bonds. The Balaban J connectivity index is 1.30. The smallest absolute Gasteiger partial charge is 0.410 e. The van der Waals surface area contributed by atoms with Crippen LogP contribution >= 0.6 is 0 Å². The molecular formula is C27H34N4O3. The van der Waals surface area contributed by atoms with E-state index >= 15 is 0 Å². The van der Waals surface area contributed by atoms with Crippen molar-refractivity contribution in [2.24, 2.45) is 7.05 Å². The highest BCUT2D eigenvalue weighted by atomic mass is 16.6. The molecule has 0 radical (unpaired) electrons. The Kier molecular flexibility index (Phi) is 6.85. The first kappa shape index (κ1) is 22.9. The molecule has 1 unspecified atom stereocenters. The Bertz CT molecular complexity index is 1140. The van der Waals surface area contributed by atoms with E-state index in [9.17, 15) is 4.79 Å². The number of hydrogen-bond acceptors (Lipinski definition) is 5. The van der Waals surface area contributed by atoms with Crippen molar-refractivity contribution >= 4 is 22.7 Å². The van der Waals surface area contributed by atoms with Gasteiger partial charge in [0.2, 0.25) is 0 Å². The molecule has 2 heterocycles. The number of para-hydroxylation sites is 1. The molecule has 2 aromatic carbocycles. The quantitative estimate of drug-likeness (QED) is 0.573. The molecule has 34 heavy (non-hydrogen) atoms. The van der Waals surface area contributed by atoms with Crippen LogP contribution in [0.1, 0.15) is 30.6 Å². The molecule has 1 fully saturated rings. The van der Waals surface area contributed by atoms with Crippen LogP contribution in [-0.2, 0) is 18.2 Å². The summed E-state index contributed by atoms with van der Waals surface area (Å²) < 4.78 is 13.6. The summed E-state index contributed by atoms with van der Waals surface area (Å²) in [6.07, 6.45) is 1.77. The van der Waals surface area contributed by atoms with E-state index in [1.165, 1.54) is 22.2 Å². The van der Waals surface area contributed by atoms with Gasteiger partial charge in [-0.1, -0.05) is 18.2 Å². The number of aromatic nitrogens is 1. The van der Waals surface area contributed by atoms with Gasteiger partial charge in [0.15, 0.2) is 0 Å². The second kappa shape index (κ2) is 10.2. The van der Waals surface area contributed by atoms with Gasteiger partial charge < -0.3 is 19.4 Å². The van der Waals surface area contributed by atoms with Gasteiger partial charge in [-0.05, 0) is 55.7 Å². The van der Waals surface area contributed by atoms with E-state index in [4.69, 9.17) is 9.47 Å². The summed E-state index contributed by atoms with van der Waals surface area (Å²) in [4.78, 5) is 17.0. The normalized spacial score (nSPS) is 18.2. The van der Waals surface area contributed by atoms with Crippen molar-refractivity contribution < 1.29 is 14.3 Å². The summed E-state index contributed by atoms with van der Waals surface area (Å²) in [5, 5.41) is 4.96. The van der Waals surface area contributed by atoms with Crippen molar-refractivity contribution in [3.8, 4) is 5.75 Å². The Hall–Kier alpha value is -2.87. The van der Waals surface area contributed by atoms with Crippen molar-refractivity contribution in [1.82, 2.24) is 14.8 Å². The molecule has 7 heteroatoms. The van der Waals surface area contributed by atoms with E-state index in [1.54, 1.807) is 4.90 Å². The third-order valence-corrected chi connectivity index (χ3v) is 7.07. The molecule has 3 aromatic rings. The maximum Gasteiger partial charge on any atom is 0.419 e. The summed E-state index contributed by atoms with van der Waals surface area (Å²) >= 11 is 0. The summed E-state index contributed by atoms with van der Waals surface area (Å²) in [6, 6.07) is 16.0. The number of hydrogen-bond donors (Lipinski definition) is 1. The van der Waals surface area contributed by atoms with Crippen LogP contribution in [0.2, 0.25) is 0 Å². The van der Waals surface area contributed by atoms with E-state index < -0.39 is 0 Å². The van der Waals surface area contributed by atoms with Gasteiger partial charge in [0.05, 0.1) is 13.2 Å². The monoisotopic (exact) mass is 462 g/mol. The van der Waals surface area contributed by atoms with Crippen molar-refractivity contribution in [3.05, 3.63) is 59.8 Å². The van der Waals surface area contributed by atoms with Crippen LogP contribution < -0.4 is 15.0 Å². The number of benzene rings is 2. The zero-order valence-corrected chi connectivity index (χ0v) is 20.1. The van der Waals surface area contributed by atoms with Crippen LogP contribution in [-0.4, -0.2) is 61.5 Å². The van der Waals surface area contributed by atoms with Crippen LogP contribution in [0.3, 0.4) is 0 Å². The van der Waals surface area contributed by atoms with Gasteiger partial charge in [-0.25, -0.2) is 4.79 Å². The van der Waals surface area contributed by atoms with E-state index in [0.29, 0.717) is 18.3 Å². The Morgan fingerprint density at radius 2 is 1.97 bits per heavy atom. The standard InChI is InChI=1S/C27H34N4O3/c1-3-31(20-7-5-4-6-8-20)27(32)34-21-9-12-25-23(19-21)22-10-11-24(26(22)29(25)2)28-13-14-30-15-17-33-18-16-30/h4-9,12,19,24,28H,3,10-11,13-18H2,1-2H3. The summed E-state index contributed by atoms with van der Waals surface area (Å²) in [7, 11) is 2.14. The number of carbonyl (C=O) groups is 1. The highest BCUT2D eigenvalue weighted by Crippen LogP contribution is 2.39. The average Bonchev–Trinajstić information content (AvgIpc) is 3.40. The second-order valence-corrected chi connectivity index (χ2v) is 9.05. The fourth-order valence-corrected chi connectivity index (χ4v) is 5.32. The number of ether oxygens (including phenoxy) is 2. The highest BCUT2D eigenvalue weighted by molar-refractivity contribution is 5.91. The zero-order valence-electron chi connectivity index (χ0n) is 20.1. The van der Waals surface area contributed by atoms with E-state index in [2.05, 4.69) is 27.9 Å². The van der Waals surface area contributed by atoms with Gasteiger partial charge >= 0.3 is 6.09 Å². The predicted molar refractivity (Wildman–Crippen MR) is 135 cm³/mol. The molecular weight excluding hydrogens is 428 g/mol. The maximum atomic E-state index is 12.9. The molecule has 1 aromatic heterocycles. The molecule has 0 saturated carbocycles. The third kappa shape index (κ3) is 4.56. The van der Waals surface area contributed by atoms with Crippen LogP contribution in [0.25, 0.3) is 10.9 Å².